The summed E-state index contributed by atoms with van der Waals surface area (Å²) in [6, 6.07) is 9.65. The number of hydrogen-bond donors (Lipinski definition) is 0. The number of nitrogens with zero attached hydrogens (tertiary/aromatic N) is 4. The summed E-state index contributed by atoms with van der Waals surface area (Å²) in [4.78, 5) is 8.32. The molecule has 6 heteroatoms. The monoisotopic (exact) mass is 352 g/mol. The molecule has 1 aromatic carbocycles. The van der Waals surface area contributed by atoms with Crippen LogP contribution in [0, 0.1) is 10.5 Å². The summed E-state index contributed by atoms with van der Waals surface area (Å²) in [5.74, 6) is 1.91. The highest BCUT2D eigenvalue weighted by atomic mass is 127. The molecule has 0 fully saturated rings. The topological polar surface area (TPSA) is 52.3 Å². The van der Waals surface area contributed by atoms with Crippen molar-refractivity contribution in [2.45, 2.75) is 6.92 Å². The minimum Gasteiger partial charge on any atom is -0.439 e. The lowest BCUT2D eigenvalue weighted by Gasteiger charge is -2.07. The van der Waals surface area contributed by atoms with Crippen molar-refractivity contribution >= 4 is 28.4 Å². The second-order valence-electron chi connectivity index (χ2n) is 3.77. The first-order valence-electron chi connectivity index (χ1n) is 5.33. The van der Waals surface area contributed by atoms with Crippen LogP contribution in [0.4, 0.5) is 0 Å². The summed E-state index contributed by atoms with van der Waals surface area (Å²) in [6.45, 7) is 1.90. The van der Waals surface area contributed by atoms with Gasteiger partial charge in [0.1, 0.15) is 12.1 Å². The molecule has 2 aromatic heterocycles. The van der Waals surface area contributed by atoms with E-state index in [9.17, 15) is 0 Å². The van der Waals surface area contributed by atoms with Crippen molar-refractivity contribution < 1.29 is 4.74 Å². The van der Waals surface area contributed by atoms with Crippen LogP contribution in [-0.4, -0.2) is 19.6 Å². The van der Waals surface area contributed by atoms with E-state index in [0.717, 1.165) is 15.0 Å². The van der Waals surface area contributed by atoms with Crippen LogP contribution in [0.25, 0.3) is 5.78 Å². The van der Waals surface area contributed by atoms with Gasteiger partial charge in [-0.25, -0.2) is 4.98 Å². The zero-order valence-corrected chi connectivity index (χ0v) is 11.7. The van der Waals surface area contributed by atoms with E-state index in [1.54, 1.807) is 4.52 Å². The summed E-state index contributed by atoms with van der Waals surface area (Å²) in [7, 11) is 0. The molecule has 0 aliphatic carbocycles. The Morgan fingerprint density at radius 2 is 2.17 bits per heavy atom. The molecule has 0 saturated heterocycles. The van der Waals surface area contributed by atoms with E-state index in [2.05, 4.69) is 37.7 Å². The molecule has 0 N–H and O–H groups in total. The van der Waals surface area contributed by atoms with Gasteiger partial charge >= 0.3 is 0 Å². The van der Waals surface area contributed by atoms with Gasteiger partial charge in [-0.3, -0.25) is 0 Å². The van der Waals surface area contributed by atoms with Crippen LogP contribution < -0.4 is 4.74 Å². The molecule has 18 heavy (non-hydrogen) atoms. The Morgan fingerprint density at radius 1 is 1.28 bits per heavy atom. The molecule has 5 nitrogen and oxygen atoms in total. The molecule has 0 radical (unpaired) electrons. The van der Waals surface area contributed by atoms with Crippen LogP contribution >= 0.6 is 22.6 Å². The van der Waals surface area contributed by atoms with Gasteiger partial charge in [-0.05, 0) is 47.7 Å². The Balaban J connectivity index is 2.06. The van der Waals surface area contributed by atoms with Crippen molar-refractivity contribution in [3.8, 4) is 11.6 Å². The van der Waals surface area contributed by atoms with E-state index in [4.69, 9.17) is 4.74 Å². The molecule has 90 valence electrons. The summed E-state index contributed by atoms with van der Waals surface area (Å²) in [6.07, 6.45) is 1.46. The molecule has 0 unspecified atom stereocenters. The largest absolute Gasteiger partial charge is 0.439 e. The highest BCUT2D eigenvalue weighted by Gasteiger charge is 2.07. The number of rotatable bonds is 2. The average Bonchev–Trinajstić information content (AvgIpc) is 2.77. The average molecular weight is 352 g/mol. The van der Waals surface area contributed by atoms with Crippen LogP contribution in [0.15, 0.2) is 36.7 Å². The first-order valence-corrected chi connectivity index (χ1v) is 6.41. The van der Waals surface area contributed by atoms with E-state index in [-0.39, 0.29) is 0 Å². The van der Waals surface area contributed by atoms with Crippen LogP contribution in [0.5, 0.6) is 11.6 Å². The maximum atomic E-state index is 5.83. The maximum Gasteiger partial charge on any atom is 0.255 e. The van der Waals surface area contributed by atoms with Gasteiger partial charge < -0.3 is 4.74 Å². The predicted molar refractivity (Wildman–Crippen MR) is 74.8 cm³/mol. The first kappa shape index (κ1) is 11.4. The third-order valence-corrected chi connectivity index (χ3v) is 3.04. The van der Waals surface area contributed by atoms with E-state index in [1.807, 2.05) is 37.3 Å². The second-order valence-corrected chi connectivity index (χ2v) is 5.01. The number of aryl methyl sites for hydroxylation is 1. The number of benzene rings is 1. The molecule has 3 aromatic rings. The minimum absolute atomic E-state index is 0.538. The van der Waals surface area contributed by atoms with Crippen molar-refractivity contribution in [3.05, 3.63) is 45.9 Å². The lowest BCUT2D eigenvalue weighted by Crippen LogP contribution is -1.99. The van der Waals surface area contributed by atoms with Crippen molar-refractivity contribution in [2.24, 2.45) is 0 Å². The summed E-state index contributed by atoms with van der Waals surface area (Å²) >= 11 is 2.24. The van der Waals surface area contributed by atoms with Crippen molar-refractivity contribution in [2.75, 3.05) is 0 Å². The van der Waals surface area contributed by atoms with Gasteiger partial charge in [0.2, 0.25) is 5.88 Å². The molecule has 0 bridgehead atoms. The highest BCUT2D eigenvalue weighted by molar-refractivity contribution is 14.1. The quantitative estimate of drug-likeness (QED) is 0.666. The Hall–Kier alpha value is -1.70. The van der Waals surface area contributed by atoms with Crippen molar-refractivity contribution in [1.82, 2.24) is 19.6 Å². The van der Waals surface area contributed by atoms with Gasteiger partial charge in [0.25, 0.3) is 5.78 Å². The number of aromatic nitrogens is 4. The Bertz CT molecular complexity index is 710. The Kier molecular flexibility index (Phi) is 2.86. The second kappa shape index (κ2) is 4.52. The standard InChI is InChI=1S/C12H9IN4O/c1-8-5-11(17-12(16-8)14-7-15-17)18-10-4-2-3-9(13)6-10/h2-7H,1H3. The van der Waals surface area contributed by atoms with Gasteiger partial charge in [0.15, 0.2) is 0 Å². The molecular formula is C12H9IN4O. The first-order chi connectivity index (χ1) is 8.72. The smallest absolute Gasteiger partial charge is 0.255 e. The summed E-state index contributed by atoms with van der Waals surface area (Å²) < 4.78 is 8.52. The van der Waals surface area contributed by atoms with E-state index >= 15 is 0 Å². The number of hydrogen-bond acceptors (Lipinski definition) is 4. The SMILES string of the molecule is Cc1cc(Oc2cccc(I)c2)n2ncnc2n1. The molecule has 0 aliphatic rings. The number of ether oxygens (including phenoxy) is 1. The number of halogens is 1. The Morgan fingerprint density at radius 3 is 3.00 bits per heavy atom. The van der Waals surface area contributed by atoms with Crippen LogP contribution in [0.2, 0.25) is 0 Å². The van der Waals surface area contributed by atoms with E-state index in [0.29, 0.717) is 11.7 Å². The zero-order valence-electron chi connectivity index (χ0n) is 9.54. The summed E-state index contributed by atoms with van der Waals surface area (Å²) in [5, 5.41) is 4.09. The minimum atomic E-state index is 0.538. The molecular weight excluding hydrogens is 343 g/mol. The number of fused-ring (bicyclic) bond motifs is 1. The predicted octanol–water partition coefficient (Wildman–Crippen LogP) is 2.83. The molecule has 0 aliphatic heterocycles. The fourth-order valence-corrected chi connectivity index (χ4v) is 2.14. The molecule has 3 rings (SSSR count). The van der Waals surface area contributed by atoms with Crippen molar-refractivity contribution in [1.29, 1.82) is 0 Å². The lowest BCUT2D eigenvalue weighted by molar-refractivity contribution is 0.445. The van der Waals surface area contributed by atoms with Gasteiger partial charge in [0, 0.05) is 15.3 Å². The molecule has 0 saturated carbocycles. The summed E-state index contributed by atoms with van der Waals surface area (Å²) in [5.41, 5.74) is 0.844. The fraction of sp³-hybridized carbons (Fsp3) is 0.0833. The third kappa shape index (κ3) is 2.15. The van der Waals surface area contributed by atoms with Crippen LogP contribution in [0.1, 0.15) is 5.69 Å². The van der Waals surface area contributed by atoms with Gasteiger partial charge in [-0.15, -0.1) is 0 Å². The molecule has 2 heterocycles. The van der Waals surface area contributed by atoms with Gasteiger partial charge in [0.05, 0.1) is 0 Å². The van der Waals surface area contributed by atoms with Crippen molar-refractivity contribution in [3.63, 3.8) is 0 Å². The van der Waals surface area contributed by atoms with Crippen LogP contribution in [-0.2, 0) is 0 Å². The molecule has 0 spiro atoms. The maximum absolute atomic E-state index is 5.83. The van der Waals surface area contributed by atoms with E-state index in [1.165, 1.54) is 6.33 Å². The lowest BCUT2D eigenvalue weighted by atomic mass is 10.3. The highest BCUT2D eigenvalue weighted by Crippen LogP contribution is 2.23. The Labute approximate surface area is 117 Å². The normalized spacial score (nSPS) is 10.8. The fourth-order valence-electron chi connectivity index (χ4n) is 1.62. The van der Waals surface area contributed by atoms with Crippen LogP contribution in [0.3, 0.4) is 0 Å². The van der Waals surface area contributed by atoms with E-state index < -0.39 is 0 Å². The molecule has 0 amide bonds. The van der Waals surface area contributed by atoms with Gasteiger partial charge in [-0.1, -0.05) is 6.07 Å². The molecule has 0 atom stereocenters. The van der Waals surface area contributed by atoms with Gasteiger partial charge in [-0.2, -0.15) is 14.6 Å². The zero-order chi connectivity index (χ0) is 12.5. The third-order valence-electron chi connectivity index (χ3n) is 2.37.